The quantitative estimate of drug-likeness (QED) is 0.722. The van der Waals surface area contributed by atoms with Crippen LogP contribution in [0, 0.1) is 0 Å². The third-order valence-corrected chi connectivity index (χ3v) is 1.78. The molecule has 1 unspecified atom stereocenters. The zero-order chi connectivity index (χ0) is 10.7. The maximum Gasteiger partial charge on any atom is 0.416 e. The second kappa shape index (κ2) is 4.28. The Labute approximate surface area is 76.1 Å². The lowest BCUT2D eigenvalue weighted by molar-refractivity contribution is -0.254. The number of hydrogen-bond acceptors (Lipinski definition) is 2. The van der Waals surface area contributed by atoms with Crippen molar-refractivity contribution in [2.45, 2.75) is 45.0 Å². The molecule has 0 saturated heterocycles. The van der Waals surface area contributed by atoms with Crippen LogP contribution in [-0.4, -0.2) is 29.5 Å². The fourth-order valence-corrected chi connectivity index (χ4v) is 0.746. The van der Waals surface area contributed by atoms with Crippen LogP contribution in [-0.2, 0) is 0 Å². The summed E-state index contributed by atoms with van der Waals surface area (Å²) in [5.41, 5.74) is -2.59. The molecule has 1 atom stereocenters. The Bertz CT molecular complexity index is 154. The minimum absolute atomic E-state index is 0.129. The highest BCUT2D eigenvalue weighted by Crippen LogP contribution is 2.32. The zero-order valence-electron chi connectivity index (χ0n) is 8.07. The van der Waals surface area contributed by atoms with E-state index in [9.17, 15) is 13.2 Å². The average Bonchev–Trinajstić information content (AvgIpc) is 1.82. The van der Waals surface area contributed by atoms with Crippen LogP contribution < -0.4 is 5.32 Å². The minimum atomic E-state index is -4.55. The summed E-state index contributed by atoms with van der Waals surface area (Å²) in [6.45, 7) is 4.61. The third-order valence-electron chi connectivity index (χ3n) is 1.78. The summed E-state index contributed by atoms with van der Waals surface area (Å²) in [5, 5.41) is 11.8. The Morgan fingerprint density at radius 1 is 1.31 bits per heavy atom. The van der Waals surface area contributed by atoms with E-state index in [1.807, 2.05) is 13.8 Å². The van der Waals surface area contributed by atoms with Gasteiger partial charge in [0.05, 0.1) is 0 Å². The summed E-state index contributed by atoms with van der Waals surface area (Å²) in [7, 11) is 0. The van der Waals surface area contributed by atoms with E-state index in [4.69, 9.17) is 5.11 Å². The van der Waals surface area contributed by atoms with Crippen LogP contribution >= 0.6 is 0 Å². The lowest BCUT2D eigenvalue weighted by atomic mass is 10.0. The number of rotatable bonds is 4. The van der Waals surface area contributed by atoms with E-state index in [1.165, 1.54) is 0 Å². The summed E-state index contributed by atoms with van der Waals surface area (Å²) >= 11 is 0. The van der Waals surface area contributed by atoms with Crippen molar-refractivity contribution in [3.63, 3.8) is 0 Å². The van der Waals surface area contributed by atoms with E-state index >= 15 is 0 Å². The number of hydrogen-bond donors (Lipinski definition) is 2. The van der Waals surface area contributed by atoms with Gasteiger partial charge in [-0.25, -0.2) is 0 Å². The van der Waals surface area contributed by atoms with Crippen LogP contribution in [0.25, 0.3) is 0 Å². The summed E-state index contributed by atoms with van der Waals surface area (Å²) in [6.07, 6.45) is -4.87. The van der Waals surface area contributed by atoms with E-state index in [1.54, 1.807) is 0 Å². The van der Waals surface area contributed by atoms with Gasteiger partial charge < -0.3 is 10.4 Å². The first-order valence-corrected chi connectivity index (χ1v) is 4.19. The van der Waals surface area contributed by atoms with Crippen molar-refractivity contribution in [1.29, 1.82) is 0 Å². The van der Waals surface area contributed by atoms with E-state index in [-0.39, 0.29) is 19.0 Å². The molecule has 0 bridgehead atoms. The van der Waals surface area contributed by atoms with Crippen molar-refractivity contribution in [3.05, 3.63) is 0 Å². The van der Waals surface area contributed by atoms with Gasteiger partial charge >= 0.3 is 6.18 Å². The van der Waals surface area contributed by atoms with Gasteiger partial charge in [-0.15, -0.1) is 0 Å². The highest BCUT2D eigenvalue weighted by atomic mass is 19.4. The molecule has 0 aliphatic carbocycles. The van der Waals surface area contributed by atoms with Gasteiger partial charge in [-0.2, -0.15) is 13.2 Å². The first kappa shape index (κ1) is 12.7. The summed E-state index contributed by atoms with van der Waals surface area (Å²) in [4.78, 5) is 0. The standard InChI is InChI=1S/C8H16F3NO/c1-6(2)12-5-4-7(3,13)8(9,10)11/h6,12-13H,4-5H2,1-3H3. The highest BCUT2D eigenvalue weighted by Gasteiger charge is 2.49. The van der Waals surface area contributed by atoms with Gasteiger partial charge in [0.25, 0.3) is 0 Å². The molecule has 0 spiro atoms. The van der Waals surface area contributed by atoms with Crippen molar-refractivity contribution in [1.82, 2.24) is 5.32 Å². The van der Waals surface area contributed by atoms with Crippen LogP contribution in [0.5, 0.6) is 0 Å². The molecule has 0 saturated carbocycles. The Hall–Kier alpha value is -0.290. The maximum absolute atomic E-state index is 12.1. The second-order valence-corrected chi connectivity index (χ2v) is 3.63. The smallest absolute Gasteiger partial charge is 0.381 e. The van der Waals surface area contributed by atoms with Crippen molar-refractivity contribution in [3.8, 4) is 0 Å². The molecule has 0 rings (SSSR count). The van der Waals surface area contributed by atoms with Gasteiger partial charge in [0.2, 0.25) is 0 Å². The number of nitrogens with one attached hydrogen (secondary N) is 1. The molecule has 0 aromatic carbocycles. The van der Waals surface area contributed by atoms with Gasteiger partial charge in [0.1, 0.15) is 0 Å². The van der Waals surface area contributed by atoms with Crippen LogP contribution in [0.15, 0.2) is 0 Å². The average molecular weight is 199 g/mol. The topological polar surface area (TPSA) is 32.3 Å². The largest absolute Gasteiger partial charge is 0.416 e. The third kappa shape index (κ3) is 4.47. The summed E-state index contributed by atoms with van der Waals surface area (Å²) < 4.78 is 36.2. The fourth-order valence-electron chi connectivity index (χ4n) is 0.746. The SMILES string of the molecule is CC(C)NCCC(C)(O)C(F)(F)F. The number of alkyl halides is 3. The second-order valence-electron chi connectivity index (χ2n) is 3.63. The molecule has 80 valence electrons. The van der Waals surface area contributed by atoms with Crippen LogP contribution in [0.3, 0.4) is 0 Å². The lowest BCUT2D eigenvalue weighted by Crippen LogP contribution is -2.44. The molecule has 5 heteroatoms. The first-order valence-electron chi connectivity index (χ1n) is 4.19. The van der Waals surface area contributed by atoms with Gasteiger partial charge in [-0.1, -0.05) is 13.8 Å². The van der Waals surface area contributed by atoms with Crippen molar-refractivity contribution < 1.29 is 18.3 Å². The fraction of sp³-hybridized carbons (Fsp3) is 1.00. The Kier molecular flexibility index (Phi) is 4.19. The molecular weight excluding hydrogens is 183 g/mol. The van der Waals surface area contributed by atoms with Crippen molar-refractivity contribution >= 4 is 0 Å². The molecule has 0 heterocycles. The molecule has 2 N–H and O–H groups in total. The Morgan fingerprint density at radius 3 is 2.08 bits per heavy atom. The van der Waals surface area contributed by atoms with E-state index in [2.05, 4.69) is 5.32 Å². The van der Waals surface area contributed by atoms with Gasteiger partial charge in [0, 0.05) is 6.04 Å². The Balaban J connectivity index is 3.90. The molecule has 0 aromatic heterocycles. The monoisotopic (exact) mass is 199 g/mol. The van der Waals surface area contributed by atoms with Gasteiger partial charge in [0.15, 0.2) is 5.60 Å². The molecule has 0 radical (unpaired) electrons. The molecule has 13 heavy (non-hydrogen) atoms. The molecule has 0 aliphatic rings. The highest BCUT2D eigenvalue weighted by molar-refractivity contribution is 4.82. The predicted molar refractivity (Wildman–Crippen MR) is 44.4 cm³/mol. The van der Waals surface area contributed by atoms with E-state index in [0.717, 1.165) is 6.92 Å². The number of halogens is 3. The van der Waals surface area contributed by atoms with Gasteiger partial charge in [-0.05, 0) is 19.9 Å². The van der Waals surface area contributed by atoms with E-state index < -0.39 is 11.8 Å². The summed E-state index contributed by atoms with van der Waals surface area (Å²) in [6, 6.07) is 0.129. The molecule has 0 amide bonds. The zero-order valence-corrected chi connectivity index (χ0v) is 8.07. The Morgan fingerprint density at radius 2 is 1.77 bits per heavy atom. The van der Waals surface area contributed by atoms with Crippen LogP contribution in [0.2, 0.25) is 0 Å². The normalized spacial score (nSPS) is 17.5. The first-order chi connectivity index (χ1) is 5.67. The molecule has 0 aliphatic heterocycles. The molecule has 0 fully saturated rings. The number of aliphatic hydroxyl groups is 1. The lowest BCUT2D eigenvalue weighted by Gasteiger charge is -2.26. The maximum atomic E-state index is 12.1. The van der Waals surface area contributed by atoms with Crippen molar-refractivity contribution in [2.75, 3.05) is 6.54 Å². The van der Waals surface area contributed by atoms with E-state index in [0.29, 0.717) is 0 Å². The summed E-state index contributed by atoms with van der Waals surface area (Å²) in [5.74, 6) is 0. The minimum Gasteiger partial charge on any atom is -0.381 e. The van der Waals surface area contributed by atoms with Crippen LogP contribution in [0.1, 0.15) is 27.2 Å². The van der Waals surface area contributed by atoms with Gasteiger partial charge in [-0.3, -0.25) is 0 Å². The molecule has 2 nitrogen and oxygen atoms in total. The molecule has 0 aromatic rings. The van der Waals surface area contributed by atoms with Crippen molar-refractivity contribution in [2.24, 2.45) is 0 Å². The molecular formula is C8H16F3NO. The predicted octanol–water partition coefficient (Wildman–Crippen LogP) is 1.69. The van der Waals surface area contributed by atoms with Crippen LogP contribution in [0.4, 0.5) is 13.2 Å².